The van der Waals surface area contributed by atoms with Crippen LogP contribution in [0.4, 0.5) is 5.69 Å². The van der Waals surface area contributed by atoms with Crippen molar-refractivity contribution in [2.75, 3.05) is 32.2 Å². The summed E-state index contributed by atoms with van der Waals surface area (Å²) in [5, 5.41) is 21.5. The standard InChI is InChI=1S/C13H18N2O3/c1-3-18-9-11(16)8-15-12-5-4-10(7-14)6-13(12)17-2/h4-6,11,15-16H,3,8-9H2,1-2H3. The number of anilines is 1. The molecule has 1 aromatic carbocycles. The summed E-state index contributed by atoms with van der Waals surface area (Å²) in [6.07, 6.45) is -0.578. The first-order valence-corrected chi connectivity index (χ1v) is 5.79. The van der Waals surface area contributed by atoms with E-state index in [1.54, 1.807) is 18.2 Å². The van der Waals surface area contributed by atoms with E-state index >= 15 is 0 Å². The van der Waals surface area contributed by atoms with Crippen LogP contribution in [0, 0.1) is 11.3 Å². The molecule has 18 heavy (non-hydrogen) atoms. The Balaban J connectivity index is 2.59. The summed E-state index contributed by atoms with van der Waals surface area (Å²) in [5.74, 6) is 0.581. The third-order valence-electron chi connectivity index (χ3n) is 2.37. The minimum Gasteiger partial charge on any atom is -0.495 e. The van der Waals surface area contributed by atoms with Gasteiger partial charge in [-0.05, 0) is 19.1 Å². The lowest BCUT2D eigenvalue weighted by molar-refractivity contribution is 0.0495. The van der Waals surface area contributed by atoms with Gasteiger partial charge in [-0.15, -0.1) is 0 Å². The molecule has 1 atom stereocenters. The van der Waals surface area contributed by atoms with Gasteiger partial charge in [-0.3, -0.25) is 0 Å². The van der Waals surface area contributed by atoms with Gasteiger partial charge >= 0.3 is 0 Å². The molecule has 0 bridgehead atoms. The van der Waals surface area contributed by atoms with E-state index < -0.39 is 6.10 Å². The number of ether oxygens (including phenoxy) is 2. The zero-order valence-electron chi connectivity index (χ0n) is 10.6. The zero-order chi connectivity index (χ0) is 13.4. The number of aliphatic hydroxyl groups excluding tert-OH is 1. The predicted molar refractivity (Wildman–Crippen MR) is 68.7 cm³/mol. The Morgan fingerprint density at radius 2 is 2.28 bits per heavy atom. The van der Waals surface area contributed by atoms with Gasteiger partial charge in [0.15, 0.2) is 0 Å². The molecule has 0 amide bonds. The third kappa shape index (κ3) is 4.24. The van der Waals surface area contributed by atoms with Gasteiger partial charge in [0, 0.05) is 19.2 Å². The van der Waals surface area contributed by atoms with Crippen LogP contribution in [0.5, 0.6) is 5.75 Å². The van der Waals surface area contributed by atoms with Crippen molar-refractivity contribution >= 4 is 5.69 Å². The van der Waals surface area contributed by atoms with E-state index in [0.717, 1.165) is 5.69 Å². The number of nitriles is 1. The summed E-state index contributed by atoms with van der Waals surface area (Å²) in [6.45, 7) is 3.12. The van der Waals surface area contributed by atoms with E-state index in [9.17, 15) is 5.11 Å². The molecule has 98 valence electrons. The second kappa shape index (κ2) is 7.54. The van der Waals surface area contributed by atoms with Gasteiger partial charge in [-0.2, -0.15) is 5.26 Å². The molecule has 0 saturated heterocycles. The molecule has 0 fully saturated rings. The summed E-state index contributed by atoms with van der Waals surface area (Å²) < 4.78 is 10.3. The van der Waals surface area contributed by atoms with Crippen LogP contribution in [0.3, 0.4) is 0 Å². The summed E-state index contributed by atoms with van der Waals surface area (Å²) >= 11 is 0. The highest BCUT2D eigenvalue weighted by molar-refractivity contribution is 5.59. The molecule has 1 unspecified atom stereocenters. The molecule has 0 heterocycles. The van der Waals surface area contributed by atoms with Crippen molar-refractivity contribution in [1.82, 2.24) is 0 Å². The maximum atomic E-state index is 9.63. The van der Waals surface area contributed by atoms with Crippen molar-refractivity contribution in [3.05, 3.63) is 23.8 Å². The summed E-state index contributed by atoms with van der Waals surface area (Å²) in [5.41, 5.74) is 1.28. The highest BCUT2D eigenvalue weighted by Gasteiger charge is 2.07. The Morgan fingerprint density at radius 3 is 2.89 bits per heavy atom. The van der Waals surface area contributed by atoms with Crippen LogP contribution in [-0.2, 0) is 4.74 Å². The molecule has 5 nitrogen and oxygen atoms in total. The van der Waals surface area contributed by atoms with Crippen LogP contribution in [0.2, 0.25) is 0 Å². The second-order valence-corrected chi connectivity index (χ2v) is 3.72. The van der Waals surface area contributed by atoms with Gasteiger partial charge in [0.05, 0.1) is 37.1 Å². The first-order chi connectivity index (χ1) is 8.71. The number of aliphatic hydroxyl groups is 1. The molecule has 0 aliphatic rings. The van der Waals surface area contributed by atoms with Crippen LogP contribution in [-0.4, -0.2) is 38.1 Å². The molecule has 0 spiro atoms. The van der Waals surface area contributed by atoms with E-state index in [1.807, 2.05) is 13.0 Å². The minimum atomic E-state index is -0.578. The van der Waals surface area contributed by atoms with Crippen molar-refractivity contribution in [2.24, 2.45) is 0 Å². The normalized spacial score (nSPS) is 11.7. The second-order valence-electron chi connectivity index (χ2n) is 3.72. The molecular weight excluding hydrogens is 232 g/mol. The maximum absolute atomic E-state index is 9.63. The first-order valence-electron chi connectivity index (χ1n) is 5.79. The lowest BCUT2D eigenvalue weighted by Crippen LogP contribution is -2.25. The van der Waals surface area contributed by atoms with Gasteiger partial charge in [-0.1, -0.05) is 0 Å². The fourth-order valence-electron chi connectivity index (χ4n) is 1.45. The smallest absolute Gasteiger partial charge is 0.143 e. The Hall–Kier alpha value is -1.77. The average molecular weight is 250 g/mol. The fourth-order valence-corrected chi connectivity index (χ4v) is 1.45. The first kappa shape index (κ1) is 14.3. The number of hydrogen-bond acceptors (Lipinski definition) is 5. The maximum Gasteiger partial charge on any atom is 0.143 e. The van der Waals surface area contributed by atoms with Gasteiger partial charge in [0.25, 0.3) is 0 Å². The lowest BCUT2D eigenvalue weighted by atomic mass is 10.2. The molecular formula is C13H18N2O3. The van der Waals surface area contributed by atoms with Crippen LogP contribution in [0.15, 0.2) is 18.2 Å². The molecule has 0 aliphatic heterocycles. The van der Waals surface area contributed by atoms with Crippen molar-refractivity contribution in [1.29, 1.82) is 5.26 Å². The van der Waals surface area contributed by atoms with E-state index in [4.69, 9.17) is 14.7 Å². The Kier molecular flexibility index (Phi) is 5.98. The predicted octanol–water partition coefficient (Wildman–Crippen LogP) is 1.38. The Morgan fingerprint density at radius 1 is 1.50 bits per heavy atom. The summed E-state index contributed by atoms with van der Waals surface area (Å²) in [7, 11) is 1.54. The van der Waals surface area contributed by atoms with Crippen LogP contribution >= 0.6 is 0 Å². The molecule has 1 aromatic rings. The van der Waals surface area contributed by atoms with Crippen LogP contribution < -0.4 is 10.1 Å². The molecule has 0 saturated carbocycles. The minimum absolute atomic E-state index is 0.294. The molecule has 0 aliphatic carbocycles. The van der Waals surface area contributed by atoms with Crippen molar-refractivity contribution < 1.29 is 14.6 Å². The van der Waals surface area contributed by atoms with Gasteiger partial charge in [0.1, 0.15) is 5.75 Å². The summed E-state index contributed by atoms with van der Waals surface area (Å²) in [6, 6.07) is 7.14. The van der Waals surface area contributed by atoms with Crippen molar-refractivity contribution in [3.63, 3.8) is 0 Å². The van der Waals surface area contributed by atoms with Gasteiger partial charge in [0.2, 0.25) is 0 Å². The number of hydrogen-bond donors (Lipinski definition) is 2. The molecule has 0 radical (unpaired) electrons. The SMILES string of the molecule is CCOCC(O)CNc1ccc(C#N)cc1OC. The molecule has 5 heteroatoms. The lowest BCUT2D eigenvalue weighted by Gasteiger charge is -2.15. The van der Waals surface area contributed by atoms with Gasteiger partial charge in [-0.25, -0.2) is 0 Å². The molecule has 0 aromatic heterocycles. The van der Waals surface area contributed by atoms with E-state index in [1.165, 1.54) is 7.11 Å². The number of methoxy groups -OCH3 is 1. The number of nitrogens with one attached hydrogen (secondary N) is 1. The number of rotatable bonds is 7. The highest BCUT2D eigenvalue weighted by Crippen LogP contribution is 2.25. The van der Waals surface area contributed by atoms with E-state index in [2.05, 4.69) is 5.32 Å². The highest BCUT2D eigenvalue weighted by atomic mass is 16.5. The van der Waals surface area contributed by atoms with E-state index in [0.29, 0.717) is 31.1 Å². The summed E-state index contributed by atoms with van der Waals surface area (Å²) in [4.78, 5) is 0. The van der Waals surface area contributed by atoms with Crippen molar-refractivity contribution in [3.8, 4) is 11.8 Å². The molecule has 2 N–H and O–H groups in total. The topological polar surface area (TPSA) is 74.5 Å². The van der Waals surface area contributed by atoms with Crippen molar-refractivity contribution in [2.45, 2.75) is 13.0 Å². The van der Waals surface area contributed by atoms with Crippen LogP contribution in [0.25, 0.3) is 0 Å². The Bertz CT molecular complexity index is 415. The largest absolute Gasteiger partial charge is 0.495 e. The number of nitrogens with zero attached hydrogens (tertiary/aromatic N) is 1. The zero-order valence-corrected chi connectivity index (χ0v) is 10.6. The fraction of sp³-hybridized carbons (Fsp3) is 0.462. The monoisotopic (exact) mass is 250 g/mol. The third-order valence-corrected chi connectivity index (χ3v) is 2.37. The average Bonchev–Trinajstić information content (AvgIpc) is 2.42. The quantitative estimate of drug-likeness (QED) is 0.764. The molecule has 1 rings (SSSR count). The van der Waals surface area contributed by atoms with E-state index in [-0.39, 0.29) is 0 Å². The van der Waals surface area contributed by atoms with Gasteiger partial charge < -0.3 is 19.9 Å². The van der Waals surface area contributed by atoms with Crippen LogP contribution in [0.1, 0.15) is 12.5 Å². The Labute approximate surface area is 107 Å². The number of benzene rings is 1.